The van der Waals surface area contributed by atoms with E-state index in [0.717, 1.165) is 6.42 Å². The third-order valence-corrected chi connectivity index (χ3v) is 3.65. The molecule has 72 valence electrons. The molecule has 1 nitrogen and oxygen atoms in total. The highest BCUT2D eigenvalue weighted by molar-refractivity contribution is 5.00. The predicted octanol–water partition coefficient (Wildman–Crippen LogP) is 2.28. The summed E-state index contributed by atoms with van der Waals surface area (Å²) in [5.74, 6) is 2.86. The zero-order valence-electron chi connectivity index (χ0n) is 8.39. The van der Waals surface area contributed by atoms with E-state index in [1.807, 2.05) is 0 Å². The van der Waals surface area contributed by atoms with Crippen LogP contribution in [0.25, 0.3) is 0 Å². The lowest BCUT2D eigenvalue weighted by Crippen LogP contribution is -2.41. The smallest absolute Gasteiger partial charge is 0.0155 e. The molecule has 0 radical (unpaired) electrons. The molecule has 0 N–H and O–H groups in total. The zero-order chi connectivity index (χ0) is 9.15. The van der Waals surface area contributed by atoms with Crippen LogP contribution in [-0.4, -0.2) is 24.5 Å². The van der Waals surface area contributed by atoms with Gasteiger partial charge in [0.05, 0.1) is 0 Å². The van der Waals surface area contributed by atoms with Crippen LogP contribution >= 0.6 is 0 Å². The molecule has 0 unspecified atom stereocenters. The Morgan fingerprint density at radius 2 is 1.85 bits per heavy atom. The van der Waals surface area contributed by atoms with Crippen LogP contribution in [0.3, 0.4) is 0 Å². The van der Waals surface area contributed by atoms with Crippen molar-refractivity contribution in [2.45, 2.75) is 38.5 Å². The molecule has 1 heterocycles. The number of hydrogen-bond acceptors (Lipinski definition) is 1. The lowest BCUT2D eigenvalue weighted by molar-refractivity contribution is 0.0832. The highest BCUT2D eigenvalue weighted by Crippen LogP contribution is 2.44. The molecule has 1 saturated carbocycles. The van der Waals surface area contributed by atoms with Crippen molar-refractivity contribution in [1.29, 1.82) is 0 Å². The SMILES string of the molecule is C#CCC1(CN2CCCC2)CCC1. The Balaban J connectivity index is 1.86. The van der Waals surface area contributed by atoms with Crippen LogP contribution in [0, 0.1) is 17.8 Å². The third kappa shape index (κ3) is 1.89. The van der Waals surface area contributed by atoms with Crippen molar-refractivity contribution in [2.75, 3.05) is 19.6 Å². The fraction of sp³-hybridized carbons (Fsp3) is 0.833. The second kappa shape index (κ2) is 3.72. The monoisotopic (exact) mass is 177 g/mol. The van der Waals surface area contributed by atoms with E-state index >= 15 is 0 Å². The number of likely N-dealkylation sites (tertiary alicyclic amines) is 1. The van der Waals surface area contributed by atoms with Crippen LogP contribution in [-0.2, 0) is 0 Å². The van der Waals surface area contributed by atoms with E-state index < -0.39 is 0 Å². The maximum absolute atomic E-state index is 5.43. The highest BCUT2D eigenvalue weighted by atomic mass is 15.1. The van der Waals surface area contributed by atoms with Crippen LogP contribution in [0.2, 0.25) is 0 Å². The first-order valence-corrected chi connectivity index (χ1v) is 5.51. The minimum absolute atomic E-state index is 0.527. The van der Waals surface area contributed by atoms with Crippen LogP contribution < -0.4 is 0 Å². The van der Waals surface area contributed by atoms with Gasteiger partial charge in [-0.25, -0.2) is 0 Å². The first-order valence-electron chi connectivity index (χ1n) is 5.51. The Labute approximate surface area is 81.5 Å². The van der Waals surface area contributed by atoms with E-state index in [2.05, 4.69) is 10.8 Å². The summed E-state index contributed by atoms with van der Waals surface area (Å²) in [7, 11) is 0. The van der Waals surface area contributed by atoms with Gasteiger partial charge in [-0.05, 0) is 44.2 Å². The fourth-order valence-electron chi connectivity index (χ4n) is 2.70. The fourth-order valence-corrected chi connectivity index (χ4v) is 2.70. The molecule has 0 atom stereocenters. The first-order chi connectivity index (χ1) is 6.35. The number of rotatable bonds is 3. The van der Waals surface area contributed by atoms with Crippen LogP contribution in [0.5, 0.6) is 0 Å². The van der Waals surface area contributed by atoms with Gasteiger partial charge in [0, 0.05) is 13.0 Å². The number of terminal acetylenes is 1. The summed E-state index contributed by atoms with van der Waals surface area (Å²) in [6, 6.07) is 0. The minimum atomic E-state index is 0.527. The molecule has 0 aromatic rings. The molecule has 1 heteroatoms. The molecule has 0 aromatic carbocycles. The van der Waals surface area contributed by atoms with E-state index in [9.17, 15) is 0 Å². The normalized spacial score (nSPS) is 26.7. The molecule has 0 spiro atoms. The average molecular weight is 177 g/mol. The summed E-state index contributed by atoms with van der Waals surface area (Å²) >= 11 is 0. The maximum Gasteiger partial charge on any atom is 0.0155 e. The van der Waals surface area contributed by atoms with Gasteiger partial charge in [-0.3, -0.25) is 0 Å². The van der Waals surface area contributed by atoms with E-state index in [-0.39, 0.29) is 0 Å². The molecular formula is C12H19N. The number of nitrogens with zero attached hydrogens (tertiary/aromatic N) is 1. The Bertz CT molecular complexity index is 204. The summed E-state index contributed by atoms with van der Waals surface area (Å²) in [6.07, 6.45) is 13.4. The second-order valence-electron chi connectivity index (χ2n) is 4.72. The van der Waals surface area contributed by atoms with Gasteiger partial charge in [0.25, 0.3) is 0 Å². The lowest BCUT2D eigenvalue weighted by Gasteiger charge is -2.43. The lowest BCUT2D eigenvalue weighted by atomic mass is 9.66. The molecule has 1 saturated heterocycles. The van der Waals surface area contributed by atoms with E-state index in [1.165, 1.54) is 51.7 Å². The van der Waals surface area contributed by atoms with Crippen molar-refractivity contribution in [1.82, 2.24) is 4.90 Å². The quantitative estimate of drug-likeness (QED) is 0.598. The molecule has 13 heavy (non-hydrogen) atoms. The Morgan fingerprint density at radius 3 is 2.31 bits per heavy atom. The van der Waals surface area contributed by atoms with Crippen molar-refractivity contribution >= 4 is 0 Å². The molecule has 1 aliphatic heterocycles. The largest absolute Gasteiger partial charge is 0.303 e. The summed E-state index contributed by atoms with van der Waals surface area (Å²) in [6.45, 7) is 3.90. The van der Waals surface area contributed by atoms with Crippen molar-refractivity contribution in [3.05, 3.63) is 0 Å². The topological polar surface area (TPSA) is 3.24 Å². The van der Waals surface area contributed by atoms with Gasteiger partial charge in [0.1, 0.15) is 0 Å². The van der Waals surface area contributed by atoms with Gasteiger partial charge >= 0.3 is 0 Å². The Kier molecular flexibility index (Phi) is 2.60. The van der Waals surface area contributed by atoms with Crippen molar-refractivity contribution < 1.29 is 0 Å². The maximum atomic E-state index is 5.43. The van der Waals surface area contributed by atoms with Crippen LogP contribution in [0.1, 0.15) is 38.5 Å². The standard InChI is InChI=1S/C12H19N/c1-2-6-12(7-5-8-12)11-13-9-3-4-10-13/h1H,3-11H2. The van der Waals surface area contributed by atoms with Gasteiger partial charge in [-0.2, -0.15) is 0 Å². The second-order valence-corrected chi connectivity index (χ2v) is 4.72. The molecule has 0 aromatic heterocycles. The predicted molar refractivity (Wildman–Crippen MR) is 55.4 cm³/mol. The van der Waals surface area contributed by atoms with Gasteiger partial charge in [0.15, 0.2) is 0 Å². The Hall–Kier alpha value is -0.480. The van der Waals surface area contributed by atoms with Gasteiger partial charge in [0.2, 0.25) is 0 Å². The third-order valence-electron chi connectivity index (χ3n) is 3.65. The van der Waals surface area contributed by atoms with E-state index in [4.69, 9.17) is 6.42 Å². The zero-order valence-corrected chi connectivity index (χ0v) is 8.39. The van der Waals surface area contributed by atoms with Crippen molar-refractivity contribution in [2.24, 2.45) is 5.41 Å². The van der Waals surface area contributed by atoms with Gasteiger partial charge in [-0.15, -0.1) is 12.3 Å². The summed E-state index contributed by atoms with van der Waals surface area (Å²) in [5, 5.41) is 0. The molecule has 2 rings (SSSR count). The van der Waals surface area contributed by atoms with Gasteiger partial charge in [-0.1, -0.05) is 6.42 Å². The summed E-state index contributed by atoms with van der Waals surface area (Å²) in [5.41, 5.74) is 0.527. The average Bonchev–Trinajstić information content (AvgIpc) is 2.53. The first kappa shape index (κ1) is 9.09. The Morgan fingerprint density at radius 1 is 1.15 bits per heavy atom. The van der Waals surface area contributed by atoms with E-state index in [1.54, 1.807) is 0 Å². The molecular weight excluding hydrogens is 158 g/mol. The minimum Gasteiger partial charge on any atom is -0.303 e. The molecule has 1 aliphatic carbocycles. The van der Waals surface area contributed by atoms with Crippen LogP contribution in [0.4, 0.5) is 0 Å². The summed E-state index contributed by atoms with van der Waals surface area (Å²) < 4.78 is 0. The molecule has 2 fully saturated rings. The van der Waals surface area contributed by atoms with Crippen molar-refractivity contribution in [3.8, 4) is 12.3 Å². The van der Waals surface area contributed by atoms with Gasteiger partial charge < -0.3 is 4.90 Å². The molecule has 0 bridgehead atoms. The highest BCUT2D eigenvalue weighted by Gasteiger charge is 2.37. The number of hydrogen-bond donors (Lipinski definition) is 0. The summed E-state index contributed by atoms with van der Waals surface area (Å²) in [4.78, 5) is 2.61. The molecule has 2 aliphatic rings. The molecule has 0 amide bonds. The van der Waals surface area contributed by atoms with Crippen molar-refractivity contribution in [3.63, 3.8) is 0 Å². The van der Waals surface area contributed by atoms with E-state index in [0.29, 0.717) is 5.41 Å². The van der Waals surface area contributed by atoms with Crippen LogP contribution in [0.15, 0.2) is 0 Å².